The van der Waals surface area contributed by atoms with Gasteiger partial charge in [0.15, 0.2) is 11.4 Å². The Balaban J connectivity index is 2.36. The maximum Gasteiger partial charge on any atom is 0.183 e. The minimum atomic E-state index is 0.274. The Kier molecular flexibility index (Phi) is 3.63. The molecule has 0 amide bonds. The molecule has 0 aliphatic carbocycles. The van der Waals surface area contributed by atoms with Crippen molar-refractivity contribution < 1.29 is 4.74 Å². The van der Waals surface area contributed by atoms with Crippen molar-refractivity contribution in [3.05, 3.63) is 51.8 Å². The summed E-state index contributed by atoms with van der Waals surface area (Å²) in [5, 5.41) is 8.98. The molecule has 0 spiro atoms. The summed E-state index contributed by atoms with van der Waals surface area (Å²) in [6.07, 6.45) is 1.58. The minimum absolute atomic E-state index is 0.274. The molecule has 0 atom stereocenters. The molecular formula is C14H11BrN2O. The van der Waals surface area contributed by atoms with Crippen LogP contribution in [-0.4, -0.2) is 4.98 Å². The van der Waals surface area contributed by atoms with Crippen molar-refractivity contribution in [2.45, 2.75) is 13.8 Å². The minimum Gasteiger partial charge on any atom is -0.454 e. The SMILES string of the molecule is Cc1ccc(Oc2cc(Br)cnc2C#N)cc1C. The van der Waals surface area contributed by atoms with E-state index in [1.165, 1.54) is 5.56 Å². The number of hydrogen-bond acceptors (Lipinski definition) is 3. The molecule has 18 heavy (non-hydrogen) atoms. The van der Waals surface area contributed by atoms with Crippen LogP contribution in [0.3, 0.4) is 0 Å². The van der Waals surface area contributed by atoms with E-state index in [0.717, 1.165) is 10.0 Å². The van der Waals surface area contributed by atoms with E-state index in [0.29, 0.717) is 11.5 Å². The fraction of sp³-hybridized carbons (Fsp3) is 0.143. The lowest BCUT2D eigenvalue weighted by Crippen LogP contribution is -1.92. The van der Waals surface area contributed by atoms with Gasteiger partial charge < -0.3 is 4.74 Å². The normalized spacial score (nSPS) is 9.89. The number of ether oxygens (including phenoxy) is 1. The van der Waals surface area contributed by atoms with Gasteiger partial charge in [0.1, 0.15) is 11.8 Å². The first-order valence-electron chi connectivity index (χ1n) is 5.41. The zero-order valence-electron chi connectivity index (χ0n) is 10.1. The van der Waals surface area contributed by atoms with Crippen molar-refractivity contribution in [1.29, 1.82) is 5.26 Å². The van der Waals surface area contributed by atoms with Gasteiger partial charge in [0.25, 0.3) is 0 Å². The van der Waals surface area contributed by atoms with E-state index < -0.39 is 0 Å². The van der Waals surface area contributed by atoms with Gasteiger partial charge in [-0.3, -0.25) is 0 Å². The molecular weight excluding hydrogens is 292 g/mol. The standard InChI is InChI=1S/C14H11BrN2O/c1-9-3-4-12(5-10(9)2)18-14-6-11(15)8-17-13(14)7-16/h3-6,8H,1-2H3. The number of nitriles is 1. The first-order chi connectivity index (χ1) is 8.60. The van der Waals surface area contributed by atoms with E-state index in [9.17, 15) is 0 Å². The molecule has 0 aliphatic rings. The monoisotopic (exact) mass is 302 g/mol. The lowest BCUT2D eigenvalue weighted by atomic mass is 10.1. The summed E-state index contributed by atoms with van der Waals surface area (Å²) < 4.78 is 6.48. The third kappa shape index (κ3) is 2.69. The van der Waals surface area contributed by atoms with Gasteiger partial charge in [0.05, 0.1) is 0 Å². The summed E-state index contributed by atoms with van der Waals surface area (Å²) in [5.41, 5.74) is 2.63. The number of pyridine rings is 1. The molecule has 0 unspecified atom stereocenters. The highest BCUT2D eigenvalue weighted by atomic mass is 79.9. The molecule has 0 saturated carbocycles. The van der Waals surface area contributed by atoms with E-state index in [1.54, 1.807) is 12.3 Å². The predicted molar refractivity (Wildman–Crippen MR) is 72.6 cm³/mol. The highest BCUT2D eigenvalue weighted by Gasteiger charge is 2.07. The smallest absolute Gasteiger partial charge is 0.183 e. The summed E-state index contributed by atoms with van der Waals surface area (Å²) in [4.78, 5) is 4.00. The second-order valence-electron chi connectivity index (χ2n) is 3.96. The lowest BCUT2D eigenvalue weighted by molar-refractivity contribution is 0.477. The van der Waals surface area contributed by atoms with E-state index in [4.69, 9.17) is 10.00 Å². The molecule has 0 saturated heterocycles. The number of benzene rings is 1. The molecule has 2 rings (SSSR count). The molecule has 0 radical (unpaired) electrons. The van der Waals surface area contributed by atoms with Gasteiger partial charge in [0.2, 0.25) is 0 Å². The quantitative estimate of drug-likeness (QED) is 0.838. The summed E-state index contributed by atoms with van der Waals surface area (Å²) >= 11 is 3.31. The van der Waals surface area contributed by atoms with Crippen LogP contribution in [0.4, 0.5) is 0 Å². The Morgan fingerprint density at radius 1 is 1.22 bits per heavy atom. The summed E-state index contributed by atoms with van der Waals surface area (Å²) in [6.45, 7) is 4.06. The van der Waals surface area contributed by atoms with Gasteiger partial charge in [-0.25, -0.2) is 4.98 Å². The van der Waals surface area contributed by atoms with Crippen LogP contribution in [0, 0.1) is 25.2 Å². The molecule has 1 aromatic carbocycles. The Bertz CT molecular complexity index is 632. The third-order valence-corrected chi connectivity index (χ3v) is 3.07. The van der Waals surface area contributed by atoms with Gasteiger partial charge in [-0.1, -0.05) is 6.07 Å². The van der Waals surface area contributed by atoms with Crippen molar-refractivity contribution >= 4 is 15.9 Å². The zero-order valence-corrected chi connectivity index (χ0v) is 11.7. The van der Waals surface area contributed by atoms with E-state index >= 15 is 0 Å². The number of nitrogens with zero attached hydrogens (tertiary/aromatic N) is 2. The fourth-order valence-electron chi connectivity index (χ4n) is 1.49. The van der Waals surface area contributed by atoms with Crippen molar-refractivity contribution in [2.24, 2.45) is 0 Å². The van der Waals surface area contributed by atoms with Crippen LogP contribution in [0.2, 0.25) is 0 Å². The van der Waals surface area contributed by atoms with Crippen LogP contribution in [0.15, 0.2) is 34.9 Å². The van der Waals surface area contributed by atoms with E-state index in [1.807, 2.05) is 38.1 Å². The van der Waals surface area contributed by atoms with Crippen LogP contribution in [0.5, 0.6) is 11.5 Å². The average molecular weight is 303 g/mol. The molecule has 90 valence electrons. The number of aromatic nitrogens is 1. The molecule has 0 N–H and O–H groups in total. The highest BCUT2D eigenvalue weighted by Crippen LogP contribution is 2.27. The van der Waals surface area contributed by atoms with Crippen LogP contribution in [0.25, 0.3) is 0 Å². The lowest BCUT2D eigenvalue weighted by Gasteiger charge is -2.09. The molecule has 0 aliphatic heterocycles. The third-order valence-electron chi connectivity index (χ3n) is 2.63. The molecule has 3 nitrogen and oxygen atoms in total. The average Bonchev–Trinajstić information content (AvgIpc) is 2.34. The van der Waals surface area contributed by atoms with Crippen molar-refractivity contribution in [2.75, 3.05) is 0 Å². The van der Waals surface area contributed by atoms with Gasteiger partial charge >= 0.3 is 0 Å². The molecule has 2 aromatic rings. The largest absolute Gasteiger partial charge is 0.454 e. The molecule has 0 bridgehead atoms. The van der Waals surface area contributed by atoms with Gasteiger partial charge in [-0.2, -0.15) is 5.26 Å². The van der Waals surface area contributed by atoms with Crippen molar-refractivity contribution in [3.63, 3.8) is 0 Å². The van der Waals surface area contributed by atoms with Crippen LogP contribution in [0.1, 0.15) is 16.8 Å². The first-order valence-corrected chi connectivity index (χ1v) is 6.20. The summed E-state index contributed by atoms with van der Waals surface area (Å²) in [5.74, 6) is 1.16. The number of hydrogen-bond donors (Lipinski definition) is 0. The second-order valence-corrected chi connectivity index (χ2v) is 4.88. The summed E-state index contributed by atoms with van der Waals surface area (Å²) in [6, 6.07) is 9.56. The van der Waals surface area contributed by atoms with E-state index in [-0.39, 0.29) is 5.69 Å². The van der Waals surface area contributed by atoms with Crippen LogP contribution in [-0.2, 0) is 0 Å². The van der Waals surface area contributed by atoms with Crippen molar-refractivity contribution in [3.8, 4) is 17.6 Å². The maximum absolute atomic E-state index is 8.98. The van der Waals surface area contributed by atoms with Crippen LogP contribution >= 0.6 is 15.9 Å². The van der Waals surface area contributed by atoms with Crippen molar-refractivity contribution in [1.82, 2.24) is 4.98 Å². The Labute approximate surface area is 114 Å². The van der Waals surface area contributed by atoms with E-state index in [2.05, 4.69) is 20.9 Å². The molecule has 1 aromatic heterocycles. The van der Waals surface area contributed by atoms with Crippen LogP contribution < -0.4 is 4.74 Å². The topological polar surface area (TPSA) is 45.9 Å². The summed E-state index contributed by atoms with van der Waals surface area (Å²) in [7, 11) is 0. The Hall–Kier alpha value is -1.86. The van der Waals surface area contributed by atoms with Gasteiger partial charge in [-0.05, 0) is 59.1 Å². The second kappa shape index (κ2) is 5.19. The molecule has 4 heteroatoms. The zero-order chi connectivity index (χ0) is 13.1. The number of rotatable bonds is 2. The Morgan fingerprint density at radius 3 is 2.67 bits per heavy atom. The molecule has 0 fully saturated rings. The number of halogens is 1. The first kappa shape index (κ1) is 12.6. The Morgan fingerprint density at radius 2 is 2.00 bits per heavy atom. The maximum atomic E-state index is 8.98. The highest BCUT2D eigenvalue weighted by molar-refractivity contribution is 9.10. The number of aryl methyl sites for hydroxylation is 2. The fourth-order valence-corrected chi connectivity index (χ4v) is 1.80. The van der Waals surface area contributed by atoms with Gasteiger partial charge in [0, 0.05) is 10.7 Å². The predicted octanol–water partition coefficient (Wildman–Crippen LogP) is 4.12. The van der Waals surface area contributed by atoms with Gasteiger partial charge in [-0.15, -0.1) is 0 Å². The molecule has 1 heterocycles.